The fourth-order valence-electron chi connectivity index (χ4n) is 2.38. The molecule has 3 N–H and O–H groups in total. The van der Waals surface area contributed by atoms with Gasteiger partial charge in [-0.25, -0.2) is 4.79 Å². The molecule has 0 aromatic carbocycles. The monoisotopic (exact) mass is 342 g/mol. The summed E-state index contributed by atoms with van der Waals surface area (Å²) in [4.78, 5) is 34.4. The first-order valence-electron chi connectivity index (χ1n) is 9.30. The molecule has 0 fully saturated rings. The van der Waals surface area contributed by atoms with Gasteiger partial charge in [-0.1, -0.05) is 39.5 Å². The Balaban J connectivity index is 3.83. The zero-order chi connectivity index (χ0) is 18.2. The van der Waals surface area contributed by atoms with Crippen LogP contribution in [0.15, 0.2) is 0 Å². The van der Waals surface area contributed by atoms with Crippen molar-refractivity contribution in [2.45, 2.75) is 90.5 Å². The van der Waals surface area contributed by atoms with Crippen molar-refractivity contribution >= 4 is 17.8 Å². The molecule has 0 radical (unpaired) electrons. The Morgan fingerprint density at radius 2 is 1.42 bits per heavy atom. The predicted molar refractivity (Wildman–Crippen MR) is 94.7 cm³/mol. The summed E-state index contributed by atoms with van der Waals surface area (Å²) >= 11 is 0. The number of carbonyl (C=O) groups is 3. The Morgan fingerprint density at radius 3 is 1.96 bits per heavy atom. The van der Waals surface area contributed by atoms with Crippen LogP contribution < -0.4 is 10.6 Å². The lowest BCUT2D eigenvalue weighted by Gasteiger charge is -2.14. The van der Waals surface area contributed by atoms with Crippen LogP contribution in [-0.4, -0.2) is 35.5 Å². The van der Waals surface area contributed by atoms with E-state index < -0.39 is 12.0 Å². The summed E-state index contributed by atoms with van der Waals surface area (Å²) in [5, 5.41) is 14.6. The third kappa shape index (κ3) is 12.9. The molecule has 1 atom stereocenters. The molecule has 0 aromatic rings. The molecule has 2 amide bonds. The molecule has 0 aromatic heterocycles. The van der Waals surface area contributed by atoms with E-state index in [-0.39, 0.29) is 11.8 Å². The van der Waals surface area contributed by atoms with E-state index in [1.807, 2.05) is 0 Å². The van der Waals surface area contributed by atoms with Gasteiger partial charge in [0, 0.05) is 19.4 Å². The molecule has 0 rings (SSSR count). The van der Waals surface area contributed by atoms with Crippen molar-refractivity contribution in [2.75, 3.05) is 6.54 Å². The van der Waals surface area contributed by atoms with Crippen molar-refractivity contribution < 1.29 is 19.5 Å². The van der Waals surface area contributed by atoms with Gasteiger partial charge in [-0.2, -0.15) is 0 Å². The van der Waals surface area contributed by atoms with Crippen LogP contribution in [0.5, 0.6) is 0 Å². The lowest BCUT2D eigenvalue weighted by Crippen LogP contribution is -2.40. The van der Waals surface area contributed by atoms with Gasteiger partial charge < -0.3 is 15.7 Å². The molecule has 0 aliphatic heterocycles. The Morgan fingerprint density at radius 1 is 0.833 bits per heavy atom. The first-order valence-corrected chi connectivity index (χ1v) is 9.30. The van der Waals surface area contributed by atoms with Crippen molar-refractivity contribution in [1.29, 1.82) is 0 Å². The molecule has 0 saturated carbocycles. The first-order chi connectivity index (χ1) is 11.5. The maximum Gasteiger partial charge on any atom is 0.326 e. The minimum Gasteiger partial charge on any atom is -0.480 e. The van der Waals surface area contributed by atoms with Gasteiger partial charge in [0.15, 0.2) is 0 Å². The van der Waals surface area contributed by atoms with E-state index in [1.165, 1.54) is 0 Å². The summed E-state index contributed by atoms with van der Waals surface area (Å²) in [6, 6.07) is -0.834. The quantitative estimate of drug-likeness (QED) is 0.399. The van der Waals surface area contributed by atoms with Gasteiger partial charge in [0.25, 0.3) is 0 Å². The van der Waals surface area contributed by atoms with E-state index >= 15 is 0 Å². The van der Waals surface area contributed by atoms with Gasteiger partial charge in [-0.05, 0) is 32.1 Å². The summed E-state index contributed by atoms with van der Waals surface area (Å²) in [6.07, 6.45) is 8.55. The van der Waals surface area contributed by atoms with Crippen molar-refractivity contribution in [3.63, 3.8) is 0 Å². The van der Waals surface area contributed by atoms with Gasteiger partial charge in [-0.15, -0.1) is 0 Å². The van der Waals surface area contributed by atoms with E-state index in [0.29, 0.717) is 32.2 Å². The third-order valence-corrected chi connectivity index (χ3v) is 3.89. The molecule has 0 aliphatic carbocycles. The highest BCUT2D eigenvalue weighted by Gasteiger charge is 2.18. The molecular formula is C18H34N2O4. The molecule has 0 heterocycles. The summed E-state index contributed by atoms with van der Waals surface area (Å²) in [6.45, 7) is 4.71. The second kappa shape index (κ2) is 15.0. The molecular weight excluding hydrogens is 308 g/mol. The molecule has 140 valence electrons. The van der Waals surface area contributed by atoms with Crippen LogP contribution in [0.3, 0.4) is 0 Å². The van der Waals surface area contributed by atoms with Crippen molar-refractivity contribution in [1.82, 2.24) is 10.6 Å². The smallest absolute Gasteiger partial charge is 0.326 e. The van der Waals surface area contributed by atoms with E-state index in [0.717, 1.165) is 44.9 Å². The Bertz CT molecular complexity index is 372. The fraction of sp³-hybridized carbons (Fsp3) is 0.833. The number of nitrogens with one attached hydrogen (secondary N) is 2. The summed E-state index contributed by atoms with van der Waals surface area (Å²) in [5.41, 5.74) is 0. The molecule has 6 heteroatoms. The van der Waals surface area contributed by atoms with Crippen LogP contribution >= 0.6 is 0 Å². The Hall–Kier alpha value is -1.59. The Kier molecular flexibility index (Phi) is 14.0. The second-order valence-electron chi connectivity index (χ2n) is 6.22. The number of carboxylic acid groups (broad SMARTS) is 1. The van der Waals surface area contributed by atoms with E-state index in [2.05, 4.69) is 24.5 Å². The number of carboxylic acids is 1. The van der Waals surface area contributed by atoms with E-state index in [4.69, 9.17) is 0 Å². The van der Waals surface area contributed by atoms with Gasteiger partial charge in [0.05, 0.1) is 0 Å². The van der Waals surface area contributed by atoms with Crippen molar-refractivity contribution in [2.24, 2.45) is 0 Å². The van der Waals surface area contributed by atoms with Crippen LogP contribution in [-0.2, 0) is 14.4 Å². The minimum absolute atomic E-state index is 0.0578. The zero-order valence-corrected chi connectivity index (χ0v) is 15.2. The zero-order valence-electron chi connectivity index (χ0n) is 15.2. The second-order valence-corrected chi connectivity index (χ2v) is 6.22. The fourth-order valence-corrected chi connectivity index (χ4v) is 2.38. The number of carbonyl (C=O) groups excluding carboxylic acids is 2. The van der Waals surface area contributed by atoms with Crippen LogP contribution in [0.2, 0.25) is 0 Å². The predicted octanol–water partition coefficient (Wildman–Crippen LogP) is 3.00. The summed E-state index contributed by atoms with van der Waals surface area (Å²) in [7, 11) is 0. The number of amides is 2. The average molecular weight is 342 g/mol. The van der Waals surface area contributed by atoms with Crippen molar-refractivity contribution in [3.05, 3.63) is 0 Å². The van der Waals surface area contributed by atoms with Crippen LogP contribution in [0.4, 0.5) is 0 Å². The summed E-state index contributed by atoms with van der Waals surface area (Å²) < 4.78 is 0. The maximum atomic E-state index is 11.7. The lowest BCUT2D eigenvalue weighted by atomic mass is 10.1. The van der Waals surface area contributed by atoms with Crippen LogP contribution in [0, 0.1) is 0 Å². The van der Waals surface area contributed by atoms with Gasteiger partial charge in [0.2, 0.25) is 11.8 Å². The van der Waals surface area contributed by atoms with Gasteiger partial charge >= 0.3 is 5.97 Å². The number of rotatable bonds is 15. The van der Waals surface area contributed by atoms with Gasteiger partial charge in [0.1, 0.15) is 6.04 Å². The lowest BCUT2D eigenvalue weighted by molar-refractivity contribution is -0.142. The number of hydrogen-bond acceptors (Lipinski definition) is 3. The average Bonchev–Trinajstić information content (AvgIpc) is 2.53. The van der Waals surface area contributed by atoms with Gasteiger partial charge in [-0.3, -0.25) is 9.59 Å². The Labute approximate surface area is 145 Å². The van der Waals surface area contributed by atoms with E-state index in [1.54, 1.807) is 0 Å². The molecule has 0 aliphatic rings. The van der Waals surface area contributed by atoms with Crippen molar-refractivity contribution in [3.8, 4) is 0 Å². The number of unbranched alkanes of at least 4 members (excludes halogenated alkanes) is 5. The number of aliphatic carboxylic acids is 1. The van der Waals surface area contributed by atoms with E-state index in [9.17, 15) is 19.5 Å². The van der Waals surface area contributed by atoms with Crippen LogP contribution in [0.1, 0.15) is 84.5 Å². The molecule has 0 saturated heterocycles. The topological polar surface area (TPSA) is 95.5 Å². The number of hydrogen-bond donors (Lipinski definition) is 3. The third-order valence-electron chi connectivity index (χ3n) is 3.89. The minimum atomic E-state index is -0.998. The highest BCUT2D eigenvalue weighted by atomic mass is 16.4. The normalized spacial score (nSPS) is 11.8. The summed E-state index contributed by atoms with van der Waals surface area (Å²) in [5.74, 6) is -1.13. The molecule has 24 heavy (non-hydrogen) atoms. The largest absolute Gasteiger partial charge is 0.480 e. The molecule has 0 spiro atoms. The molecule has 1 unspecified atom stereocenters. The highest BCUT2D eigenvalue weighted by molar-refractivity contribution is 5.83. The standard InChI is InChI=1S/C18H34N2O4/c1-3-5-7-12-16(21)19-14-10-9-11-15(18(23)24)20-17(22)13-8-6-4-2/h15H,3-14H2,1-2H3,(H,19,21)(H,20,22)(H,23,24). The SMILES string of the molecule is CCCCCC(=O)NCCCCC(NC(=O)CCCCC)C(=O)O. The first kappa shape index (κ1) is 22.4. The van der Waals surface area contributed by atoms with Crippen LogP contribution in [0.25, 0.3) is 0 Å². The maximum absolute atomic E-state index is 11.7. The molecule has 6 nitrogen and oxygen atoms in total. The highest BCUT2D eigenvalue weighted by Crippen LogP contribution is 2.04. The molecule has 0 bridgehead atoms.